The maximum Gasteiger partial charge on any atom is 0.0570 e. The summed E-state index contributed by atoms with van der Waals surface area (Å²) >= 11 is 0. The van der Waals surface area contributed by atoms with E-state index in [4.69, 9.17) is 0 Å². The van der Waals surface area contributed by atoms with Crippen LogP contribution in [0.5, 0.6) is 0 Å². The van der Waals surface area contributed by atoms with Crippen LogP contribution in [0.25, 0.3) is 0 Å². The molecule has 1 heterocycles. The Morgan fingerprint density at radius 2 is 2.07 bits per heavy atom. The minimum absolute atomic E-state index is 0.538. The van der Waals surface area contributed by atoms with Crippen molar-refractivity contribution >= 4 is 0 Å². The number of nitrogens with zero attached hydrogens (tertiary/aromatic N) is 1. The van der Waals surface area contributed by atoms with Crippen LogP contribution >= 0.6 is 0 Å². The summed E-state index contributed by atoms with van der Waals surface area (Å²) in [6, 6.07) is 4.62. The van der Waals surface area contributed by atoms with Crippen LogP contribution < -0.4 is 5.32 Å². The highest BCUT2D eigenvalue weighted by Crippen LogP contribution is 2.05. The molecule has 14 heavy (non-hydrogen) atoms. The molecule has 0 bridgehead atoms. The van der Waals surface area contributed by atoms with Crippen molar-refractivity contribution in [2.45, 2.75) is 40.3 Å². The smallest absolute Gasteiger partial charge is 0.0570 e. The van der Waals surface area contributed by atoms with Gasteiger partial charge in [-0.3, -0.25) is 4.98 Å². The predicted octanol–water partition coefficient (Wildman–Crippen LogP) is 2.52. The Morgan fingerprint density at radius 3 is 2.64 bits per heavy atom. The number of aryl methyl sites for hydroxylation is 1. The standard InChI is InChI=1S/C12H20N2/c1-9(2)11(4)14-8-12-10(3)6-5-7-13-12/h5-7,9,11,14H,8H2,1-4H3. The van der Waals surface area contributed by atoms with E-state index in [-0.39, 0.29) is 0 Å². The number of hydrogen-bond donors (Lipinski definition) is 1. The van der Waals surface area contributed by atoms with E-state index < -0.39 is 0 Å². The highest BCUT2D eigenvalue weighted by molar-refractivity contribution is 5.17. The molecule has 0 fully saturated rings. The third-order valence-corrected chi connectivity index (χ3v) is 2.71. The van der Waals surface area contributed by atoms with E-state index in [1.54, 1.807) is 0 Å². The quantitative estimate of drug-likeness (QED) is 0.793. The van der Waals surface area contributed by atoms with Crippen LogP contribution in [0.15, 0.2) is 18.3 Å². The van der Waals surface area contributed by atoms with Crippen molar-refractivity contribution in [3.8, 4) is 0 Å². The fourth-order valence-electron chi connectivity index (χ4n) is 1.20. The van der Waals surface area contributed by atoms with E-state index in [1.165, 1.54) is 5.56 Å². The summed E-state index contributed by atoms with van der Waals surface area (Å²) in [5.74, 6) is 0.666. The van der Waals surface area contributed by atoms with Gasteiger partial charge in [-0.1, -0.05) is 19.9 Å². The number of nitrogens with one attached hydrogen (secondary N) is 1. The van der Waals surface area contributed by atoms with Crippen LogP contribution in [-0.4, -0.2) is 11.0 Å². The molecule has 2 nitrogen and oxygen atoms in total. The molecule has 0 saturated carbocycles. The maximum atomic E-state index is 4.35. The minimum Gasteiger partial charge on any atom is -0.308 e. The van der Waals surface area contributed by atoms with E-state index in [0.717, 1.165) is 12.2 Å². The number of rotatable bonds is 4. The summed E-state index contributed by atoms with van der Waals surface area (Å²) in [5, 5.41) is 3.48. The van der Waals surface area contributed by atoms with Gasteiger partial charge in [0.15, 0.2) is 0 Å². The Labute approximate surface area is 86.8 Å². The van der Waals surface area contributed by atoms with Crippen molar-refractivity contribution in [3.05, 3.63) is 29.6 Å². The summed E-state index contributed by atoms with van der Waals surface area (Å²) in [6.45, 7) is 9.63. The fourth-order valence-corrected chi connectivity index (χ4v) is 1.20. The van der Waals surface area contributed by atoms with Gasteiger partial charge >= 0.3 is 0 Å². The molecule has 78 valence electrons. The Bertz CT molecular complexity index is 281. The van der Waals surface area contributed by atoms with Crippen molar-refractivity contribution in [1.82, 2.24) is 10.3 Å². The van der Waals surface area contributed by atoms with Gasteiger partial charge in [-0.2, -0.15) is 0 Å². The summed E-state index contributed by atoms with van der Waals surface area (Å²) in [6.07, 6.45) is 1.85. The molecule has 0 aliphatic heterocycles. The lowest BCUT2D eigenvalue weighted by atomic mass is 10.1. The number of hydrogen-bond acceptors (Lipinski definition) is 2. The summed E-state index contributed by atoms with van der Waals surface area (Å²) < 4.78 is 0. The molecule has 0 amide bonds. The molecule has 1 unspecified atom stereocenters. The Balaban J connectivity index is 2.50. The molecular formula is C12H20N2. The lowest BCUT2D eigenvalue weighted by Crippen LogP contribution is -2.30. The van der Waals surface area contributed by atoms with Gasteiger partial charge < -0.3 is 5.32 Å². The highest BCUT2D eigenvalue weighted by Gasteiger charge is 2.06. The van der Waals surface area contributed by atoms with E-state index >= 15 is 0 Å². The third kappa shape index (κ3) is 3.11. The zero-order chi connectivity index (χ0) is 10.6. The van der Waals surface area contributed by atoms with E-state index in [9.17, 15) is 0 Å². The van der Waals surface area contributed by atoms with Crippen LogP contribution in [0.1, 0.15) is 32.0 Å². The second-order valence-corrected chi connectivity index (χ2v) is 4.18. The first-order valence-corrected chi connectivity index (χ1v) is 5.25. The van der Waals surface area contributed by atoms with E-state index in [0.29, 0.717) is 12.0 Å². The van der Waals surface area contributed by atoms with Crippen LogP contribution in [-0.2, 0) is 6.54 Å². The van der Waals surface area contributed by atoms with Gasteiger partial charge in [-0.05, 0) is 31.4 Å². The number of pyridine rings is 1. The largest absolute Gasteiger partial charge is 0.308 e. The van der Waals surface area contributed by atoms with Gasteiger partial charge in [-0.15, -0.1) is 0 Å². The Kier molecular flexibility index (Phi) is 4.08. The lowest BCUT2D eigenvalue weighted by molar-refractivity contribution is 0.423. The molecular weight excluding hydrogens is 172 g/mol. The normalized spacial score (nSPS) is 13.2. The number of aromatic nitrogens is 1. The van der Waals surface area contributed by atoms with Crippen molar-refractivity contribution in [2.24, 2.45) is 5.92 Å². The van der Waals surface area contributed by atoms with Gasteiger partial charge in [0.1, 0.15) is 0 Å². The summed E-state index contributed by atoms with van der Waals surface area (Å²) in [5.41, 5.74) is 2.41. The first-order chi connectivity index (χ1) is 6.61. The van der Waals surface area contributed by atoms with Crippen molar-refractivity contribution in [2.75, 3.05) is 0 Å². The van der Waals surface area contributed by atoms with E-state index in [1.807, 2.05) is 12.3 Å². The molecule has 0 aromatic carbocycles. The Morgan fingerprint density at radius 1 is 1.36 bits per heavy atom. The van der Waals surface area contributed by atoms with Gasteiger partial charge in [0, 0.05) is 18.8 Å². The van der Waals surface area contributed by atoms with Gasteiger partial charge in [-0.25, -0.2) is 0 Å². The SMILES string of the molecule is Cc1cccnc1CNC(C)C(C)C. The van der Waals surface area contributed by atoms with E-state index in [2.05, 4.69) is 44.1 Å². The van der Waals surface area contributed by atoms with Crippen LogP contribution in [0.3, 0.4) is 0 Å². The molecule has 0 aliphatic rings. The molecule has 1 rings (SSSR count). The average molecular weight is 192 g/mol. The van der Waals surface area contributed by atoms with Gasteiger partial charge in [0.2, 0.25) is 0 Å². The zero-order valence-corrected chi connectivity index (χ0v) is 9.54. The van der Waals surface area contributed by atoms with Gasteiger partial charge in [0.25, 0.3) is 0 Å². The second kappa shape index (κ2) is 5.11. The molecule has 1 aromatic rings. The van der Waals surface area contributed by atoms with Crippen LogP contribution in [0.2, 0.25) is 0 Å². The predicted molar refractivity (Wildman–Crippen MR) is 60.1 cm³/mol. The highest BCUT2D eigenvalue weighted by atomic mass is 14.9. The molecule has 1 N–H and O–H groups in total. The fraction of sp³-hybridized carbons (Fsp3) is 0.583. The van der Waals surface area contributed by atoms with Crippen LogP contribution in [0, 0.1) is 12.8 Å². The first-order valence-electron chi connectivity index (χ1n) is 5.25. The monoisotopic (exact) mass is 192 g/mol. The van der Waals surface area contributed by atoms with Crippen molar-refractivity contribution < 1.29 is 0 Å². The maximum absolute atomic E-state index is 4.35. The second-order valence-electron chi connectivity index (χ2n) is 4.18. The average Bonchev–Trinajstić information content (AvgIpc) is 2.16. The summed E-state index contributed by atoms with van der Waals surface area (Å²) in [4.78, 5) is 4.35. The molecule has 1 atom stereocenters. The molecule has 2 heteroatoms. The minimum atomic E-state index is 0.538. The van der Waals surface area contributed by atoms with Crippen molar-refractivity contribution in [1.29, 1.82) is 0 Å². The zero-order valence-electron chi connectivity index (χ0n) is 9.54. The van der Waals surface area contributed by atoms with Crippen LogP contribution in [0.4, 0.5) is 0 Å². The van der Waals surface area contributed by atoms with Crippen molar-refractivity contribution in [3.63, 3.8) is 0 Å². The third-order valence-electron chi connectivity index (χ3n) is 2.71. The topological polar surface area (TPSA) is 24.9 Å². The molecule has 0 radical (unpaired) electrons. The van der Waals surface area contributed by atoms with Gasteiger partial charge in [0.05, 0.1) is 5.69 Å². The molecule has 0 spiro atoms. The molecule has 0 saturated heterocycles. The first kappa shape index (κ1) is 11.2. The Hall–Kier alpha value is -0.890. The summed E-state index contributed by atoms with van der Waals surface area (Å²) in [7, 11) is 0. The molecule has 1 aromatic heterocycles. The molecule has 0 aliphatic carbocycles. The lowest BCUT2D eigenvalue weighted by Gasteiger charge is -2.17.